The fraction of sp³-hybridized carbons (Fsp3) is 0.737. The highest BCUT2D eigenvalue weighted by Crippen LogP contribution is 2.34. The van der Waals surface area contributed by atoms with Gasteiger partial charge in [-0.3, -0.25) is 9.69 Å². The van der Waals surface area contributed by atoms with Crippen molar-refractivity contribution >= 4 is 17.2 Å². The summed E-state index contributed by atoms with van der Waals surface area (Å²) in [6, 6.07) is 4.99. The van der Waals surface area contributed by atoms with Gasteiger partial charge in [0.15, 0.2) is 0 Å². The van der Waals surface area contributed by atoms with Gasteiger partial charge in [0, 0.05) is 36.5 Å². The molecule has 3 aliphatic rings. The smallest absolute Gasteiger partial charge is 0.225 e. The Morgan fingerprint density at radius 2 is 1.96 bits per heavy atom. The molecule has 23 heavy (non-hydrogen) atoms. The third-order valence-electron chi connectivity index (χ3n) is 6.10. The summed E-state index contributed by atoms with van der Waals surface area (Å²) in [5, 5.41) is 2.18. The minimum atomic E-state index is 0.336. The monoisotopic (exact) mass is 332 g/mol. The summed E-state index contributed by atoms with van der Waals surface area (Å²) in [5.41, 5.74) is 0. The number of carbonyl (C=O) groups excluding carboxylic acids is 1. The van der Waals surface area contributed by atoms with Crippen molar-refractivity contribution in [2.45, 2.75) is 57.5 Å². The van der Waals surface area contributed by atoms with Gasteiger partial charge in [-0.2, -0.15) is 0 Å². The Morgan fingerprint density at radius 1 is 1.13 bits per heavy atom. The molecule has 0 radical (unpaired) electrons. The van der Waals surface area contributed by atoms with E-state index in [1.807, 2.05) is 11.3 Å². The van der Waals surface area contributed by atoms with Crippen LogP contribution in [0.3, 0.4) is 0 Å². The van der Waals surface area contributed by atoms with Crippen LogP contribution in [0.4, 0.5) is 0 Å². The molecule has 2 atom stereocenters. The van der Waals surface area contributed by atoms with E-state index in [1.54, 1.807) is 0 Å². The van der Waals surface area contributed by atoms with Gasteiger partial charge in [0.1, 0.15) is 0 Å². The van der Waals surface area contributed by atoms with Crippen molar-refractivity contribution in [1.29, 1.82) is 0 Å². The van der Waals surface area contributed by atoms with E-state index in [0.717, 1.165) is 32.5 Å². The van der Waals surface area contributed by atoms with Gasteiger partial charge in [-0.25, -0.2) is 0 Å². The average molecular weight is 333 g/mol. The van der Waals surface area contributed by atoms with Crippen LogP contribution in [0.5, 0.6) is 0 Å². The molecule has 0 bridgehead atoms. The number of fused-ring (bicyclic) bond motifs is 1. The molecule has 3 fully saturated rings. The van der Waals surface area contributed by atoms with Crippen LogP contribution in [0.1, 0.15) is 49.8 Å². The number of likely N-dealkylation sites (tertiary alicyclic amines) is 2. The Bertz CT molecular complexity index is 523. The Morgan fingerprint density at radius 3 is 2.74 bits per heavy atom. The van der Waals surface area contributed by atoms with Gasteiger partial charge in [0.25, 0.3) is 0 Å². The van der Waals surface area contributed by atoms with Crippen molar-refractivity contribution in [3.8, 4) is 0 Å². The first-order valence-corrected chi connectivity index (χ1v) is 10.2. The number of thiophene rings is 1. The second-order valence-corrected chi connectivity index (χ2v) is 8.63. The van der Waals surface area contributed by atoms with E-state index in [4.69, 9.17) is 0 Å². The summed E-state index contributed by atoms with van der Waals surface area (Å²) in [7, 11) is 0. The van der Waals surface area contributed by atoms with Crippen molar-refractivity contribution in [3.63, 3.8) is 0 Å². The van der Waals surface area contributed by atoms with Crippen LogP contribution in [-0.2, 0) is 11.3 Å². The average Bonchev–Trinajstić information content (AvgIpc) is 3.29. The van der Waals surface area contributed by atoms with Crippen LogP contribution in [0.2, 0.25) is 0 Å². The molecule has 1 amide bonds. The Hall–Kier alpha value is -0.870. The molecule has 0 spiro atoms. The summed E-state index contributed by atoms with van der Waals surface area (Å²) in [4.78, 5) is 19.2. The fourth-order valence-corrected chi connectivity index (χ4v) is 5.58. The minimum absolute atomic E-state index is 0.336. The molecule has 0 unspecified atom stereocenters. The lowest BCUT2D eigenvalue weighted by atomic mass is 9.98. The highest BCUT2D eigenvalue weighted by molar-refractivity contribution is 7.09. The van der Waals surface area contributed by atoms with Gasteiger partial charge in [-0.1, -0.05) is 25.3 Å². The summed E-state index contributed by atoms with van der Waals surface area (Å²) in [6.07, 6.45) is 8.71. The zero-order valence-electron chi connectivity index (χ0n) is 14.0. The first-order chi connectivity index (χ1) is 11.3. The molecule has 4 rings (SSSR count). The number of carbonyl (C=O) groups is 1. The van der Waals surface area contributed by atoms with Crippen LogP contribution in [-0.4, -0.2) is 41.4 Å². The Balaban J connectivity index is 1.45. The quantitative estimate of drug-likeness (QED) is 0.841. The molecule has 1 aromatic rings. The first kappa shape index (κ1) is 15.6. The van der Waals surface area contributed by atoms with Gasteiger partial charge in [0.2, 0.25) is 5.91 Å². The largest absolute Gasteiger partial charge is 0.341 e. The van der Waals surface area contributed by atoms with E-state index in [-0.39, 0.29) is 0 Å². The van der Waals surface area contributed by atoms with Gasteiger partial charge in [-0.15, -0.1) is 11.3 Å². The molecule has 1 aliphatic carbocycles. The highest BCUT2D eigenvalue weighted by Gasteiger charge is 2.41. The molecule has 3 nitrogen and oxygen atoms in total. The van der Waals surface area contributed by atoms with E-state index >= 15 is 0 Å². The SMILES string of the molecule is O=C(C1CCCC1)N1C[C@@H]2CCCCN(Cc3cccs3)[C@@H]2C1. The van der Waals surface area contributed by atoms with Crippen molar-refractivity contribution in [2.75, 3.05) is 19.6 Å². The van der Waals surface area contributed by atoms with Crippen molar-refractivity contribution in [3.05, 3.63) is 22.4 Å². The molecular weight excluding hydrogens is 304 g/mol. The number of hydrogen-bond donors (Lipinski definition) is 0. The van der Waals surface area contributed by atoms with Crippen LogP contribution < -0.4 is 0 Å². The summed E-state index contributed by atoms with van der Waals surface area (Å²) >= 11 is 1.86. The normalized spacial score (nSPS) is 29.7. The van der Waals surface area contributed by atoms with Crippen molar-refractivity contribution in [2.24, 2.45) is 11.8 Å². The van der Waals surface area contributed by atoms with Gasteiger partial charge >= 0.3 is 0 Å². The molecule has 0 aromatic carbocycles. The maximum absolute atomic E-state index is 12.8. The maximum Gasteiger partial charge on any atom is 0.225 e. The van der Waals surface area contributed by atoms with Crippen molar-refractivity contribution < 1.29 is 4.79 Å². The topological polar surface area (TPSA) is 23.6 Å². The minimum Gasteiger partial charge on any atom is -0.341 e. The van der Waals surface area contributed by atoms with Crippen LogP contribution in [0.25, 0.3) is 0 Å². The molecule has 1 aromatic heterocycles. The molecule has 0 N–H and O–H groups in total. The predicted octanol–water partition coefficient (Wildman–Crippen LogP) is 3.75. The number of amides is 1. The maximum atomic E-state index is 12.8. The van der Waals surface area contributed by atoms with E-state index in [1.165, 1.54) is 43.5 Å². The zero-order chi connectivity index (χ0) is 15.6. The molecule has 126 valence electrons. The standard InChI is InChI=1S/C19H28N2OS/c22-19(15-6-1-2-7-15)21-12-16-8-3-4-10-20(18(16)14-21)13-17-9-5-11-23-17/h5,9,11,15-16,18H,1-4,6-8,10,12-14H2/t16-,18+/m0/s1. The second-order valence-electron chi connectivity index (χ2n) is 7.60. The summed E-state index contributed by atoms with van der Waals surface area (Å²) in [6.45, 7) is 4.27. The first-order valence-electron chi connectivity index (χ1n) is 9.36. The molecule has 2 aliphatic heterocycles. The summed E-state index contributed by atoms with van der Waals surface area (Å²) in [5.74, 6) is 1.50. The highest BCUT2D eigenvalue weighted by atomic mass is 32.1. The molecule has 3 heterocycles. The third-order valence-corrected chi connectivity index (χ3v) is 6.96. The lowest BCUT2D eigenvalue weighted by Gasteiger charge is -2.29. The number of hydrogen-bond acceptors (Lipinski definition) is 3. The lowest BCUT2D eigenvalue weighted by molar-refractivity contribution is -0.134. The van der Waals surface area contributed by atoms with E-state index in [9.17, 15) is 4.79 Å². The predicted molar refractivity (Wildman–Crippen MR) is 94.4 cm³/mol. The van der Waals surface area contributed by atoms with Gasteiger partial charge in [-0.05, 0) is 49.6 Å². The number of rotatable bonds is 3. The second kappa shape index (κ2) is 6.94. The summed E-state index contributed by atoms with van der Waals surface area (Å²) < 4.78 is 0. The fourth-order valence-electron chi connectivity index (χ4n) is 4.85. The van der Waals surface area contributed by atoms with Crippen LogP contribution >= 0.6 is 11.3 Å². The van der Waals surface area contributed by atoms with Crippen molar-refractivity contribution in [1.82, 2.24) is 9.80 Å². The molecular formula is C19H28N2OS. The zero-order valence-corrected chi connectivity index (χ0v) is 14.8. The van der Waals surface area contributed by atoms with Gasteiger partial charge in [0.05, 0.1) is 0 Å². The molecule has 2 saturated heterocycles. The lowest BCUT2D eigenvalue weighted by Crippen LogP contribution is -2.41. The Kier molecular flexibility index (Phi) is 4.72. The molecule has 4 heteroatoms. The van der Waals surface area contributed by atoms with Gasteiger partial charge < -0.3 is 4.90 Å². The third kappa shape index (κ3) is 3.34. The van der Waals surface area contributed by atoms with Crippen LogP contribution in [0.15, 0.2) is 17.5 Å². The van der Waals surface area contributed by atoms with E-state index < -0.39 is 0 Å². The molecule has 1 saturated carbocycles. The van der Waals surface area contributed by atoms with E-state index in [0.29, 0.717) is 23.8 Å². The van der Waals surface area contributed by atoms with Crippen LogP contribution in [0, 0.1) is 11.8 Å². The van der Waals surface area contributed by atoms with E-state index in [2.05, 4.69) is 27.3 Å². The number of nitrogens with zero attached hydrogens (tertiary/aromatic N) is 2. The Labute approximate surface area is 143 Å².